The largest absolute Gasteiger partial charge is 0.456 e. The Kier molecular flexibility index (Phi) is 6.05. The van der Waals surface area contributed by atoms with Gasteiger partial charge in [-0.2, -0.15) is 0 Å². The van der Waals surface area contributed by atoms with Crippen LogP contribution in [0.25, 0.3) is 109 Å². The molecule has 5 nitrogen and oxygen atoms in total. The zero-order chi connectivity index (χ0) is 33.5. The second kappa shape index (κ2) is 10.9. The van der Waals surface area contributed by atoms with E-state index in [1.807, 2.05) is 84.1 Å². The fraction of sp³-hybridized carbons (Fsp3) is 0. The number of thiophene rings is 1. The Morgan fingerprint density at radius 2 is 0.922 bits per heavy atom. The van der Waals surface area contributed by atoms with Gasteiger partial charge in [0, 0.05) is 64.0 Å². The predicted octanol–water partition coefficient (Wildman–Crippen LogP) is 12.7. The Morgan fingerprint density at radius 1 is 0.353 bits per heavy atom. The van der Waals surface area contributed by atoms with Gasteiger partial charge in [-0.3, -0.25) is 0 Å². The summed E-state index contributed by atoms with van der Waals surface area (Å²) in [4.78, 5) is 15.5. The van der Waals surface area contributed by atoms with Crippen LogP contribution in [-0.4, -0.2) is 15.0 Å². The Morgan fingerprint density at radius 3 is 1.75 bits per heavy atom. The maximum Gasteiger partial charge on any atom is 0.164 e. The molecular weight excluding hydrogens is 647 g/mol. The highest BCUT2D eigenvalue weighted by molar-refractivity contribution is 7.25. The minimum atomic E-state index is 0.575. The van der Waals surface area contributed by atoms with Gasteiger partial charge in [0.1, 0.15) is 22.3 Å². The van der Waals surface area contributed by atoms with Crippen LogP contribution in [0.2, 0.25) is 0 Å². The van der Waals surface area contributed by atoms with Crippen molar-refractivity contribution in [3.8, 4) is 45.3 Å². The summed E-state index contributed by atoms with van der Waals surface area (Å²) in [6.45, 7) is 0. The third-order valence-electron chi connectivity index (χ3n) is 9.77. The van der Waals surface area contributed by atoms with Crippen molar-refractivity contribution in [2.75, 3.05) is 0 Å². The van der Waals surface area contributed by atoms with Crippen molar-refractivity contribution in [3.63, 3.8) is 0 Å². The topological polar surface area (TPSA) is 65.0 Å². The minimum absolute atomic E-state index is 0.575. The maximum absolute atomic E-state index is 6.78. The van der Waals surface area contributed by atoms with Gasteiger partial charge in [0.15, 0.2) is 17.5 Å². The molecule has 4 heterocycles. The number of fused-ring (bicyclic) bond motifs is 9. The normalized spacial score (nSPS) is 11.9. The molecule has 4 aromatic heterocycles. The first-order valence-corrected chi connectivity index (χ1v) is 17.7. The molecule has 0 saturated heterocycles. The van der Waals surface area contributed by atoms with Crippen molar-refractivity contribution < 1.29 is 8.83 Å². The van der Waals surface area contributed by atoms with E-state index in [1.54, 1.807) is 0 Å². The minimum Gasteiger partial charge on any atom is -0.456 e. The lowest BCUT2D eigenvalue weighted by Crippen LogP contribution is -2.01. The highest BCUT2D eigenvalue weighted by Gasteiger charge is 2.23. The number of para-hydroxylation sites is 2. The molecule has 11 aromatic rings. The summed E-state index contributed by atoms with van der Waals surface area (Å²) in [5, 5.41) is 6.48. The SMILES string of the molecule is c1ccc(-c2nc(-c3cccc4oc5ccccc5c34)nc(-c3ccc(-c4cccc5sc6ccccc6c45)c4oc5ccccc5c34)n2)cc1. The van der Waals surface area contributed by atoms with Gasteiger partial charge in [0.2, 0.25) is 0 Å². The maximum atomic E-state index is 6.78. The number of hydrogen-bond acceptors (Lipinski definition) is 6. The molecule has 7 aromatic carbocycles. The van der Waals surface area contributed by atoms with Crippen LogP contribution in [0.15, 0.2) is 160 Å². The van der Waals surface area contributed by atoms with Crippen LogP contribution >= 0.6 is 11.3 Å². The van der Waals surface area contributed by atoms with Gasteiger partial charge in [-0.15, -0.1) is 11.3 Å². The molecule has 0 fully saturated rings. The fourth-order valence-electron chi connectivity index (χ4n) is 7.52. The lowest BCUT2D eigenvalue weighted by atomic mass is 9.95. The molecule has 238 valence electrons. The highest BCUT2D eigenvalue weighted by Crippen LogP contribution is 2.46. The Bertz CT molecular complexity index is 3160. The van der Waals surface area contributed by atoms with Gasteiger partial charge in [0.05, 0.1) is 0 Å². The molecule has 0 amide bonds. The number of nitrogens with zero attached hydrogens (tertiary/aromatic N) is 3. The molecule has 0 radical (unpaired) electrons. The standard InChI is InChI=1S/C45H25N3O2S/c1-2-12-26(13-3-1)43-46-44(32-18-10-21-36-39(32)29-14-4-7-19-34(29)49-36)48-45(47-43)33-25-24-28(42-41(33)30-15-5-8-20-35(30)50-42)27-17-11-23-38-40(27)31-16-6-9-22-37(31)51-38/h1-25H. The zero-order valence-electron chi connectivity index (χ0n) is 27.0. The van der Waals surface area contributed by atoms with Crippen molar-refractivity contribution in [2.45, 2.75) is 0 Å². The molecule has 0 aliphatic heterocycles. The van der Waals surface area contributed by atoms with Gasteiger partial charge in [0.25, 0.3) is 0 Å². The van der Waals surface area contributed by atoms with E-state index in [4.69, 9.17) is 23.8 Å². The van der Waals surface area contributed by atoms with Crippen molar-refractivity contribution in [1.29, 1.82) is 0 Å². The van der Waals surface area contributed by atoms with E-state index in [1.165, 1.54) is 20.2 Å². The molecule has 0 aliphatic carbocycles. The van der Waals surface area contributed by atoms with Crippen LogP contribution in [0.1, 0.15) is 0 Å². The monoisotopic (exact) mass is 671 g/mol. The molecule has 0 saturated carbocycles. The second-order valence-corrected chi connectivity index (χ2v) is 13.8. The predicted molar refractivity (Wildman–Crippen MR) is 209 cm³/mol. The molecule has 0 N–H and O–H groups in total. The van der Waals surface area contributed by atoms with Crippen molar-refractivity contribution >= 4 is 75.4 Å². The van der Waals surface area contributed by atoms with Crippen LogP contribution in [0.5, 0.6) is 0 Å². The number of furan rings is 2. The number of hydrogen-bond donors (Lipinski definition) is 0. The number of aromatic nitrogens is 3. The number of benzene rings is 7. The first-order chi connectivity index (χ1) is 25.3. The lowest BCUT2D eigenvalue weighted by molar-refractivity contribution is 0.669. The van der Waals surface area contributed by atoms with Gasteiger partial charge < -0.3 is 8.83 Å². The first kappa shape index (κ1) is 28.2. The smallest absolute Gasteiger partial charge is 0.164 e. The fourth-order valence-corrected chi connectivity index (χ4v) is 8.65. The van der Waals surface area contributed by atoms with Crippen LogP contribution in [0.4, 0.5) is 0 Å². The Hall–Kier alpha value is -6.63. The molecule has 51 heavy (non-hydrogen) atoms. The van der Waals surface area contributed by atoms with Crippen molar-refractivity contribution in [1.82, 2.24) is 15.0 Å². The van der Waals surface area contributed by atoms with E-state index in [-0.39, 0.29) is 0 Å². The molecule has 0 spiro atoms. The summed E-state index contributed by atoms with van der Waals surface area (Å²) in [6, 6.07) is 51.9. The molecular formula is C45H25N3O2S. The summed E-state index contributed by atoms with van der Waals surface area (Å²) >= 11 is 1.82. The molecule has 11 rings (SSSR count). The third kappa shape index (κ3) is 4.30. The van der Waals surface area contributed by atoms with Gasteiger partial charge in [-0.1, -0.05) is 109 Å². The molecule has 6 heteroatoms. The lowest BCUT2D eigenvalue weighted by Gasteiger charge is -2.12. The summed E-state index contributed by atoms with van der Waals surface area (Å²) in [5.74, 6) is 1.75. The highest BCUT2D eigenvalue weighted by atomic mass is 32.1. The quantitative estimate of drug-likeness (QED) is 0.186. The molecule has 0 bridgehead atoms. The summed E-state index contributed by atoms with van der Waals surface area (Å²) < 4.78 is 15.6. The van der Waals surface area contributed by atoms with E-state index in [0.29, 0.717) is 17.5 Å². The van der Waals surface area contributed by atoms with E-state index in [2.05, 4.69) is 78.9 Å². The van der Waals surface area contributed by atoms with Crippen LogP contribution < -0.4 is 0 Å². The number of rotatable bonds is 4. The Labute approximate surface area is 295 Å². The van der Waals surface area contributed by atoms with Crippen molar-refractivity contribution in [2.24, 2.45) is 0 Å². The average Bonchev–Trinajstić information content (AvgIpc) is 3.89. The van der Waals surface area contributed by atoms with Gasteiger partial charge in [-0.05, 0) is 48.0 Å². The van der Waals surface area contributed by atoms with Crippen molar-refractivity contribution in [3.05, 3.63) is 152 Å². The van der Waals surface area contributed by atoms with E-state index in [9.17, 15) is 0 Å². The molecule has 0 unspecified atom stereocenters. The van der Waals surface area contributed by atoms with Crippen LogP contribution in [0, 0.1) is 0 Å². The summed E-state index contributed by atoms with van der Waals surface area (Å²) in [6.07, 6.45) is 0. The second-order valence-electron chi connectivity index (χ2n) is 12.7. The van der Waals surface area contributed by atoms with E-state index >= 15 is 0 Å². The Balaban J connectivity index is 1.21. The summed E-state index contributed by atoms with van der Waals surface area (Å²) in [5.41, 5.74) is 8.09. The van der Waals surface area contributed by atoms with E-state index in [0.717, 1.165) is 71.7 Å². The van der Waals surface area contributed by atoms with Gasteiger partial charge in [-0.25, -0.2) is 15.0 Å². The van der Waals surface area contributed by atoms with Gasteiger partial charge >= 0.3 is 0 Å². The van der Waals surface area contributed by atoms with E-state index < -0.39 is 0 Å². The third-order valence-corrected chi connectivity index (χ3v) is 10.9. The first-order valence-electron chi connectivity index (χ1n) is 16.9. The molecule has 0 aliphatic rings. The van der Waals surface area contributed by atoms with Crippen LogP contribution in [0.3, 0.4) is 0 Å². The van der Waals surface area contributed by atoms with Crippen LogP contribution in [-0.2, 0) is 0 Å². The summed E-state index contributed by atoms with van der Waals surface area (Å²) in [7, 11) is 0. The zero-order valence-corrected chi connectivity index (χ0v) is 27.8. The average molecular weight is 672 g/mol. The molecule has 0 atom stereocenters.